The van der Waals surface area contributed by atoms with E-state index in [0.717, 1.165) is 0 Å². The van der Waals surface area contributed by atoms with Crippen molar-refractivity contribution in [3.05, 3.63) is 83.9 Å². The summed E-state index contributed by atoms with van der Waals surface area (Å²) in [4.78, 5) is 0. The van der Waals surface area contributed by atoms with Gasteiger partial charge in [0.1, 0.15) is 0 Å². The quantitative estimate of drug-likeness (QED) is 0.466. The van der Waals surface area contributed by atoms with Gasteiger partial charge in [0.05, 0.1) is 0 Å². The second kappa shape index (κ2) is 8.95. The molecular formula is C23H28. The van der Waals surface area contributed by atoms with Gasteiger partial charge in [-0.1, -0.05) is 99.1 Å². The van der Waals surface area contributed by atoms with Crippen molar-refractivity contribution < 1.29 is 0 Å². The van der Waals surface area contributed by atoms with Gasteiger partial charge in [-0.3, -0.25) is 0 Å². The fourth-order valence-electron chi connectivity index (χ4n) is 2.45. The summed E-state index contributed by atoms with van der Waals surface area (Å²) in [6, 6.07) is 26.1. The Morgan fingerprint density at radius 2 is 0.957 bits per heavy atom. The molecule has 0 bridgehead atoms. The molecule has 0 heterocycles. The highest BCUT2D eigenvalue weighted by Gasteiger charge is 2.01. The molecule has 0 spiro atoms. The Labute approximate surface area is 141 Å². The van der Waals surface area contributed by atoms with Crippen LogP contribution in [0.1, 0.15) is 32.4 Å². The molecule has 3 aromatic carbocycles. The molecule has 0 saturated heterocycles. The molecule has 23 heavy (non-hydrogen) atoms. The summed E-state index contributed by atoms with van der Waals surface area (Å²) < 4.78 is 0. The fourth-order valence-corrected chi connectivity index (χ4v) is 2.45. The van der Waals surface area contributed by atoms with Crippen LogP contribution in [0, 0.1) is 13.8 Å². The zero-order valence-corrected chi connectivity index (χ0v) is 13.9. The van der Waals surface area contributed by atoms with Crippen molar-refractivity contribution in [2.45, 2.75) is 35.1 Å². The summed E-state index contributed by atoms with van der Waals surface area (Å²) in [6.45, 7) is 8.25. The van der Waals surface area contributed by atoms with Crippen LogP contribution in [0.2, 0.25) is 0 Å². The lowest BCUT2D eigenvalue weighted by molar-refractivity contribution is 1.46. The molecule has 0 heteroatoms. The molecule has 0 aliphatic carbocycles. The van der Waals surface area contributed by atoms with Crippen LogP contribution in [0.15, 0.2) is 72.8 Å². The van der Waals surface area contributed by atoms with Crippen LogP contribution in [0.4, 0.5) is 0 Å². The molecule has 0 aliphatic rings. The largest absolute Gasteiger partial charge is 0.0776 e. The lowest BCUT2D eigenvalue weighted by Crippen LogP contribution is -1.82. The lowest BCUT2D eigenvalue weighted by atomic mass is 9.98. The molecule has 0 aromatic heterocycles. The van der Waals surface area contributed by atoms with Gasteiger partial charge in [-0.2, -0.15) is 0 Å². The molecule has 0 fully saturated rings. The summed E-state index contributed by atoms with van der Waals surface area (Å²) in [5.41, 5.74) is 7.67. The summed E-state index contributed by atoms with van der Waals surface area (Å²) in [5, 5.41) is 0. The highest BCUT2D eigenvalue weighted by Crippen LogP contribution is 2.27. The SMILES string of the molecule is C.CC.Cc1ccc(-c2cccc(-c3cccc(C)c3)c2)cc1. The van der Waals surface area contributed by atoms with Crippen LogP contribution < -0.4 is 0 Å². The molecular weight excluding hydrogens is 276 g/mol. The van der Waals surface area contributed by atoms with Crippen LogP contribution >= 0.6 is 0 Å². The predicted molar refractivity (Wildman–Crippen MR) is 105 cm³/mol. The molecule has 0 N–H and O–H groups in total. The van der Waals surface area contributed by atoms with E-state index < -0.39 is 0 Å². The van der Waals surface area contributed by atoms with Gasteiger partial charge in [0.2, 0.25) is 0 Å². The van der Waals surface area contributed by atoms with Gasteiger partial charge >= 0.3 is 0 Å². The minimum Gasteiger partial charge on any atom is -0.0776 e. The van der Waals surface area contributed by atoms with Crippen molar-refractivity contribution in [2.75, 3.05) is 0 Å². The van der Waals surface area contributed by atoms with E-state index in [1.165, 1.54) is 33.4 Å². The van der Waals surface area contributed by atoms with Crippen molar-refractivity contribution in [2.24, 2.45) is 0 Å². The van der Waals surface area contributed by atoms with E-state index in [0.29, 0.717) is 0 Å². The third kappa shape index (κ3) is 4.82. The van der Waals surface area contributed by atoms with Crippen molar-refractivity contribution in [3.63, 3.8) is 0 Å². The first-order valence-corrected chi connectivity index (χ1v) is 7.96. The Morgan fingerprint density at radius 1 is 0.478 bits per heavy atom. The van der Waals surface area contributed by atoms with E-state index in [1.54, 1.807) is 0 Å². The van der Waals surface area contributed by atoms with Crippen molar-refractivity contribution >= 4 is 0 Å². The van der Waals surface area contributed by atoms with Gasteiger partial charge in [-0.15, -0.1) is 0 Å². The maximum atomic E-state index is 2.26. The second-order valence-electron chi connectivity index (χ2n) is 5.32. The molecule has 120 valence electrons. The predicted octanol–water partition coefficient (Wildman–Crippen LogP) is 7.30. The molecule has 3 aromatic rings. The third-order valence-electron chi connectivity index (χ3n) is 3.60. The topological polar surface area (TPSA) is 0 Å². The average Bonchev–Trinajstić information content (AvgIpc) is 2.57. The Hall–Kier alpha value is -2.34. The van der Waals surface area contributed by atoms with Crippen molar-refractivity contribution in [1.82, 2.24) is 0 Å². The van der Waals surface area contributed by atoms with E-state index >= 15 is 0 Å². The van der Waals surface area contributed by atoms with Gasteiger partial charge in [0.15, 0.2) is 0 Å². The van der Waals surface area contributed by atoms with Crippen LogP contribution in [-0.2, 0) is 0 Å². The number of hydrogen-bond donors (Lipinski definition) is 0. The van der Waals surface area contributed by atoms with Gasteiger partial charge < -0.3 is 0 Å². The fraction of sp³-hybridized carbons (Fsp3) is 0.217. The minimum atomic E-state index is 0. The van der Waals surface area contributed by atoms with Crippen molar-refractivity contribution in [3.8, 4) is 22.3 Å². The summed E-state index contributed by atoms with van der Waals surface area (Å²) in [5.74, 6) is 0. The Morgan fingerprint density at radius 3 is 1.52 bits per heavy atom. The second-order valence-corrected chi connectivity index (χ2v) is 5.32. The molecule has 3 rings (SSSR count). The number of benzene rings is 3. The zero-order chi connectivity index (χ0) is 15.9. The highest BCUT2D eigenvalue weighted by atomic mass is 14.1. The van der Waals surface area contributed by atoms with Crippen molar-refractivity contribution in [1.29, 1.82) is 0 Å². The molecule has 0 atom stereocenters. The van der Waals surface area contributed by atoms with E-state index in [4.69, 9.17) is 0 Å². The first-order valence-electron chi connectivity index (χ1n) is 7.96. The Balaban J connectivity index is 0.000000849. The lowest BCUT2D eigenvalue weighted by Gasteiger charge is -2.07. The van der Waals surface area contributed by atoms with Gasteiger partial charge in [-0.05, 0) is 42.2 Å². The average molecular weight is 304 g/mol. The first-order chi connectivity index (χ1) is 10.7. The number of hydrogen-bond acceptors (Lipinski definition) is 0. The Bertz CT molecular complexity index is 721. The minimum absolute atomic E-state index is 0. The maximum absolute atomic E-state index is 2.26. The van der Waals surface area contributed by atoms with Gasteiger partial charge in [0.25, 0.3) is 0 Å². The summed E-state index contributed by atoms with van der Waals surface area (Å²) in [6.07, 6.45) is 0. The number of rotatable bonds is 2. The van der Waals surface area contributed by atoms with E-state index in [1.807, 2.05) is 13.8 Å². The molecule has 0 saturated carbocycles. The maximum Gasteiger partial charge on any atom is -0.0178 e. The molecule has 0 unspecified atom stereocenters. The zero-order valence-electron chi connectivity index (χ0n) is 13.9. The Kier molecular flexibility index (Phi) is 7.28. The van der Waals surface area contributed by atoms with E-state index in [9.17, 15) is 0 Å². The molecule has 0 amide bonds. The first kappa shape index (κ1) is 18.7. The van der Waals surface area contributed by atoms with E-state index in [2.05, 4.69) is 86.6 Å². The van der Waals surface area contributed by atoms with Crippen LogP contribution in [0.3, 0.4) is 0 Å². The normalized spacial score (nSPS) is 9.39. The smallest absolute Gasteiger partial charge is 0.0178 e. The summed E-state index contributed by atoms with van der Waals surface area (Å²) in [7, 11) is 0. The van der Waals surface area contributed by atoms with Crippen LogP contribution in [-0.4, -0.2) is 0 Å². The molecule has 0 nitrogen and oxygen atoms in total. The molecule has 0 aliphatic heterocycles. The van der Waals surface area contributed by atoms with Crippen LogP contribution in [0.25, 0.3) is 22.3 Å². The van der Waals surface area contributed by atoms with Gasteiger partial charge in [0, 0.05) is 0 Å². The molecule has 0 radical (unpaired) electrons. The monoisotopic (exact) mass is 304 g/mol. The number of aryl methyl sites for hydroxylation is 2. The summed E-state index contributed by atoms with van der Waals surface area (Å²) >= 11 is 0. The standard InChI is InChI=1S/C20H18.C2H6.CH4/c1-15-9-11-17(12-10-15)19-7-4-8-20(14-19)18-6-3-5-16(2)13-18;1-2;/h3-14H,1-2H3;1-2H3;1H4. The highest BCUT2D eigenvalue weighted by molar-refractivity contribution is 5.73. The van der Waals surface area contributed by atoms with E-state index in [-0.39, 0.29) is 7.43 Å². The van der Waals surface area contributed by atoms with Gasteiger partial charge in [-0.25, -0.2) is 0 Å². The third-order valence-corrected chi connectivity index (χ3v) is 3.60. The van der Waals surface area contributed by atoms with Crippen LogP contribution in [0.5, 0.6) is 0 Å².